The van der Waals surface area contributed by atoms with Gasteiger partial charge in [0.15, 0.2) is 6.10 Å². The standard InChI is InChI=1S/C36H26Cl2N2O5/c1-17(33(41)19-2-6-20(37)7-3-19)45-36(44)28-16-30(39-29-13-8-21(38)14-27(28)29)18-4-9-22(10-5-18)40-34(42)31-23-11-12-24(26-15-25(23)26)32(31)35(40)43/h2-14,16-17,23-26,31-32H,15H2,1H3. The molecule has 7 atom stereocenters. The second-order valence-electron chi connectivity index (χ2n) is 12.3. The Kier molecular flexibility index (Phi) is 6.48. The van der Waals surface area contributed by atoms with Crippen LogP contribution in [0, 0.1) is 35.5 Å². The molecule has 0 N–H and O–H groups in total. The van der Waals surface area contributed by atoms with Crippen LogP contribution in [-0.2, 0) is 14.3 Å². The number of amides is 2. The molecule has 0 radical (unpaired) electrons. The van der Waals surface area contributed by atoms with Crippen molar-refractivity contribution in [2.45, 2.75) is 19.4 Å². The van der Waals surface area contributed by atoms with Crippen molar-refractivity contribution < 1.29 is 23.9 Å². The monoisotopic (exact) mass is 636 g/mol. The maximum atomic E-state index is 13.6. The van der Waals surface area contributed by atoms with Gasteiger partial charge in [0.25, 0.3) is 0 Å². The summed E-state index contributed by atoms with van der Waals surface area (Å²) in [5.41, 5.74) is 2.77. The van der Waals surface area contributed by atoms with E-state index in [0.29, 0.717) is 55.3 Å². The molecule has 7 unspecified atom stereocenters. The van der Waals surface area contributed by atoms with Gasteiger partial charge in [-0.15, -0.1) is 0 Å². The molecule has 9 rings (SSSR count). The summed E-state index contributed by atoms with van der Waals surface area (Å²) < 4.78 is 5.63. The van der Waals surface area contributed by atoms with E-state index >= 15 is 0 Å². The number of nitrogens with zero attached hydrogens (tertiary/aromatic N) is 2. The molecule has 2 heterocycles. The molecule has 4 aromatic rings. The Labute approximate surface area is 268 Å². The second-order valence-corrected chi connectivity index (χ2v) is 13.2. The van der Waals surface area contributed by atoms with Crippen LogP contribution >= 0.6 is 23.2 Å². The molecule has 4 aliphatic carbocycles. The molecule has 9 heteroatoms. The largest absolute Gasteiger partial charge is 0.451 e. The van der Waals surface area contributed by atoms with E-state index in [9.17, 15) is 19.2 Å². The zero-order valence-corrected chi connectivity index (χ0v) is 25.5. The van der Waals surface area contributed by atoms with Crippen LogP contribution in [0.4, 0.5) is 5.69 Å². The second kappa shape index (κ2) is 10.4. The number of pyridine rings is 1. The lowest BCUT2D eigenvalue weighted by Gasteiger charge is -2.37. The van der Waals surface area contributed by atoms with Crippen molar-refractivity contribution in [2.24, 2.45) is 35.5 Å². The number of fused-ring (bicyclic) bond motifs is 1. The van der Waals surface area contributed by atoms with Crippen LogP contribution in [0.1, 0.15) is 34.1 Å². The molecule has 2 amide bonds. The number of benzene rings is 3. The van der Waals surface area contributed by atoms with E-state index < -0.39 is 12.1 Å². The Balaban J connectivity index is 1.08. The molecular weight excluding hydrogens is 611 g/mol. The fraction of sp³-hybridized carbons (Fsp3) is 0.250. The van der Waals surface area contributed by atoms with Gasteiger partial charge in [-0.2, -0.15) is 0 Å². The molecule has 2 bridgehead atoms. The Morgan fingerprint density at radius 2 is 1.47 bits per heavy atom. The SMILES string of the molecule is CC(OC(=O)c1cc(-c2ccc(N3C(=O)C4C5C=CC(C6CC56)C4C3=O)cc2)nc2ccc(Cl)cc12)C(=O)c1ccc(Cl)cc1. The van der Waals surface area contributed by atoms with E-state index in [1.807, 2.05) is 0 Å². The van der Waals surface area contributed by atoms with Gasteiger partial charge in [0.1, 0.15) is 0 Å². The molecule has 0 spiro atoms. The maximum absolute atomic E-state index is 13.6. The smallest absolute Gasteiger partial charge is 0.339 e. The third kappa shape index (κ3) is 4.51. The Morgan fingerprint density at radius 1 is 0.844 bits per heavy atom. The van der Waals surface area contributed by atoms with Gasteiger partial charge in [-0.3, -0.25) is 19.3 Å². The van der Waals surface area contributed by atoms with Crippen molar-refractivity contribution in [1.29, 1.82) is 0 Å². The van der Waals surface area contributed by atoms with Crippen LogP contribution in [0.25, 0.3) is 22.2 Å². The van der Waals surface area contributed by atoms with Gasteiger partial charge in [-0.25, -0.2) is 9.78 Å². The van der Waals surface area contributed by atoms with Gasteiger partial charge >= 0.3 is 5.97 Å². The number of ether oxygens (including phenoxy) is 1. The predicted octanol–water partition coefficient (Wildman–Crippen LogP) is 7.19. The van der Waals surface area contributed by atoms with E-state index in [2.05, 4.69) is 12.2 Å². The first-order valence-corrected chi connectivity index (χ1v) is 15.7. The summed E-state index contributed by atoms with van der Waals surface area (Å²) in [5, 5.41) is 1.40. The molecule has 5 aliphatic rings. The normalized spacial score (nSPS) is 26.5. The highest BCUT2D eigenvalue weighted by Crippen LogP contribution is 2.65. The van der Waals surface area contributed by atoms with Crippen molar-refractivity contribution in [3.8, 4) is 11.3 Å². The molecule has 1 aliphatic heterocycles. The number of anilines is 1. The number of Topliss-reactive ketones (excluding diaryl/α,β-unsaturated/α-hetero) is 1. The fourth-order valence-electron chi connectivity index (χ4n) is 7.63. The highest BCUT2D eigenvalue weighted by molar-refractivity contribution is 6.31. The van der Waals surface area contributed by atoms with E-state index in [0.717, 1.165) is 6.42 Å². The number of imide groups is 1. The van der Waals surface area contributed by atoms with Crippen molar-refractivity contribution in [2.75, 3.05) is 4.90 Å². The van der Waals surface area contributed by atoms with Crippen LogP contribution in [-0.4, -0.2) is 34.7 Å². The average molecular weight is 638 g/mol. The number of allylic oxidation sites excluding steroid dienone is 2. The molecular formula is C36H26Cl2N2O5. The molecule has 1 saturated heterocycles. The minimum atomic E-state index is -1.06. The van der Waals surface area contributed by atoms with E-state index in [-0.39, 0.29) is 46.8 Å². The summed E-state index contributed by atoms with van der Waals surface area (Å²) >= 11 is 12.2. The predicted molar refractivity (Wildman–Crippen MR) is 170 cm³/mol. The molecule has 45 heavy (non-hydrogen) atoms. The van der Waals surface area contributed by atoms with E-state index in [1.54, 1.807) is 72.8 Å². The number of hydrogen-bond acceptors (Lipinski definition) is 6. The number of carbonyl (C=O) groups is 4. The Hall–Kier alpha value is -4.33. The van der Waals surface area contributed by atoms with Crippen LogP contribution in [0.2, 0.25) is 10.0 Å². The summed E-state index contributed by atoms with van der Waals surface area (Å²) in [7, 11) is 0. The van der Waals surface area contributed by atoms with Gasteiger partial charge < -0.3 is 4.74 Å². The van der Waals surface area contributed by atoms with Gasteiger partial charge in [-0.05, 0) is 97.7 Å². The minimum Gasteiger partial charge on any atom is -0.451 e. The highest BCUT2D eigenvalue weighted by atomic mass is 35.5. The molecule has 3 aromatic carbocycles. The summed E-state index contributed by atoms with van der Waals surface area (Å²) in [6.07, 6.45) is 4.38. The van der Waals surface area contributed by atoms with Crippen LogP contribution < -0.4 is 4.90 Å². The molecule has 7 nitrogen and oxygen atoms in total. The van der Waals surface area contributed by atoms with Crippen molar-refractivity contribution in [3.05, 3.63) is 106 Å². The molecule has 224 valence electrons. The molecule has 1 aromatic heterocycles. The number of halogens is 2. The van der Waals surface area contributed by atoms with Crippen molar-refractivity contribution in [3.63, 3.8) is 0 Å². The first-order chi connectivity index (χ1) is 21.7. The summed E-state index contributed by atoms with van der Waals surface area (Å²) in [4.78, 5) is 59.7. The van der Waals surface area contributed by atoms with Gasteiger partial charge in [0, 0.05) is 26.6 Å². The lowest BCUT2D eigenvalue weighted by molar-refractivity contribution is -0.124. The Bertz CT molecular complexity index is 1940. The molecule has 2 saturated carbocycles. The first-order valence-electron chi connectivity index (χ1n) is 15.0. The number of ketones is 1. The topological polar surface area (TPSA) is 93.6 Å². The summed E-state index contributed by atoms with van der Waals surface area (Å²) in [5.74, 6) is -0.451. The van der Waals surface area contributed by atoms with Crippen LogP contribution in [0.3, 0.4) is 0 Å². The van der Waals surface area contributed by atoms with Gasteiger partial charge in [0.05, 0.1) is 34.3 Å². The maximum Gasteiger partial charge on any atom is 0.339 e. The summed E-state index contributed by atoms with van der Waals surface area (Å²) in [6, 6.07) is 20.1. The quantitative estimate of drug-likeness (QED) is 0.0962. The molecule has 3 fully saturated rings. The third-order valence-electron chi connectivity index (χ3n) is 9.86. The minimum absolute atomic E-state index is 0.115. The Morgan fingerprint density at radius 3 is 2.11 bits per heavy atom. The lowest BCUT2D eigenvalue weighted by atomic mass is 9.63. The zero-order valence-electron chi connectivity index (χ0n) is 24.0. The number of rotatable bonds is 6. The number of hydrogen-bond donors (Lipinski definition) is 0. The van der Waals surface area contributed by atoms with E-state index in [4.69, 9.17) is 32.9 Å². The van der Waals surface area contributed by atoms with Crippen molar-refractivity contribution in [1.82, 2.24) is 4.98 Å². The lowest BCUT2D eigenvalue weighted by Crippen LogP contribution is -2.40. The van der Waals surface area contributed by atoms with E-state index in [1.165, 1.54) is 11.8 Å². The van der Waals surface area contributed by atoms with Gasteiger partial charge in [-0.1, -0.05) is 47.5 Å². The van der Waals surface area contributed by atoms with Crippen LogP contribution in [0.5, 0.6) is 0 Å². The van der Waals surface area contributed by atoms with Crippen LogP contribution in [0.15, 0.2) is 84.9 Å². The average Bonchev–Trinajstić information content (AvgIpc) is 3.83. The highest BCUT2D eigenvalue weighted by Gasteiger charge is 2.67. The number of carbonyl (C=O) groups excluding carboxylic acids is 4. The number of aromatic nitrogens is 1. The number of esters is 1. The zero-order chi connectivity index (χ0) is 31.1. The fourth-order valence-corrected chi connectivity index (χ4v) is 7.93. The summed E-state index contributed by atoms with van der Waals surface area (Å²) in [6.45, 7) is 1.52. The first kappa shape index (κ1) is 28.2. The third-order valence-corrected chi connectivity index (χ3v) is 10.3. The van der Waals surface area contributed by atoms with Crippen molar-refractivity contribution >= 4 is 63.4 Å². The van der Waals surface area contributed by atoms with Gasteiger partial charge in [0.2, 0.25) is 17.6 Å².